The predicted octanol–water partition coefficient (Wildman–Crippen LogP) is 2.72. The summed E-state index contributed by atoms with van der Waals surface area (Å²) in [5.41, 5.74) is -0.163. The van der Waals surface area contributed by atoms with Crippen molar-refractivity contribution in [3.8, 4) is 0 Å². The highest BCUT2D eigenvalue weighted by Crippen LogP contribution is 2.17. The molecular weight excluding hydrogens is 174 g/mol. The van der Waals surface area contributed by atoms with Gasteiger partial charge in [0.25, 0.3) is 0 Å². The van der Waals surface area contributed by atoms with Gasteiger partial charge in [-0.3, -0.25) is 4.79 Å². The van der Waals surface area contributed by atoms with E-state index in [9.17, 15) is 4.79 Å². The summed E-state index contributed by atoms with van der Waals surface area (Å²) in [5.74, 6) is 0.379. The maximum absolute atomic E-state index is 11.6. The lowest BCUT2D eigenvalue weighted by Gasteiger charge is -2.20. The number of rotatable bonds is 6. The van der Waals surface area contributed by atoms with Crippen molar-refractivity contribution in [2.24, 2.45) is 5.41 Å². The lowest BCUT2D eigenvalue weighted by molar-refractivity contribution is -0.126. The molecule has 0 atom stereocenters. The summed E-state index contributed by atoms with van der Waals surface area (Å²) in [6.45, 7) is 13.5. The molecule has 0 amide bonds. The fourth-order valence-corrected chi connectivity index (χ4v) is 1.38. The molecule has 0 spiro atoms. The Morgan fingerprint density at radius 3 is 2.00 bits per heavy atom. The van der Waals surface area contributed by atoms with Crippen LogP contribution in [0.1, 0.15) is 47.5 Å². The average Bonchev–Trinajstić information content (AvgIpc) is 2.10. The van der Waals surface area contributed by atoms with Gasteiger partial charge in [0.1, 0.15) is 5.78 Å². The van der Waals surface area contributed by atoms with Gasteiger partial charge in [-0.15, -0.1) is 0 Å². The topological polar surface area (TPSA) is 20.3 Å². The number of Topliss-reactive ketones (excluding diaryl/α,β-unsaturated/α-hetero) is 1. The molecule has 0 saturated heterocycles. The minimum Gasteiger partial charge on any atom is -0.304 e. The summed E-state index contributed by atoms with van der Waals surface area (Å²) in [6.07, 6.45) is 1.72. The standard InChI is InChI=1S/C12H25NO/c1-6-13(7-2)10-8-9-11(14)12(3,4)5/h6-10H2,1-5H3. The van der Waals surface area contributed by atoms with E-state index < -0.39 is 0 Å². The van der Waals surface area contributed by atoms with Gasteiger partial charge in [0.2, 0.25) is 0 Å². The van der Waals surface area contributed by atoms with E-state index in [-0.39, 0.29) is 5.41 Å². The van der Waals surface area contributed by atoms with Gasteiger partial charge in [0.15, 0.2) is 0 Å². The third-order valence-corrected chi connectivity index (χ3v) is 2.61. The Labute approximate surface area is 88.7 Å². The van der Waals surface area contributed by atoms with Gasteiger partial charge >= 0.3 is 0 Å². The van der Waals surface area contributed by atoms with E-state index in [4.69, 9.17) is 0 Å². The second-order valence-corrected chi connectivity index (χ2v) is 4.80. The highest BCUT2D eigenvalue weighted by Gasteiger charge is 2.20. The number of carbonyl (C=O) groups excluding carboxylic acids is 1. The molecule has 0 aliphatic heterocycles. The minimum absolute atomic E-state index is 0.163. The molecule has 0 aromatic rings. The van der Waals surface area contributed by atoms with Crippen LogP contribution in [0.3, 0.4) is 0 Å². The molecule has 0 rings (SSSR count). The molecule has 0 fully saturated rings. The third-order valence-electron chi connectivity index (χ3n) is 2.61. The molecule has 0 saturated carbocycles. The summed E-state index contributed by atoms with van der Waals surface area (Å²) in [6, 6.07) is 0. The highest BCUT2D eigenvalue weighted by molar-refractivity contribution is 5.83. The van der Waals surface area contributed by atoms with Crippen LogP contribution in [0, 0.1) is 5.41 Å². The maximum Gasteiger partial charge on any atom is 0.138 e. The fourth-order valence-electron chi connectivity index (χ4n) is 1.38. The molecule has 0 N–H and O–H groups in total. The van der Waals surface area contributed by atoms with Crippen molar-refractivity contribution in [2.75, 3.05) is 19.6 Å². The molecule has 0 bridgehead atoms. The van der Waals surface area contributed by atoms with E-state index in [2.05, 4.69) is 18.7 Å². The second-order valence-electron chi connectivity index (χ2n) is 4.80. The van der Waals surface area contributed by atoms with Gasteiger partial charge in [-0.25, -0.2) is 0 Å². The van der Waals surface area contributed by atoms with Crippen molar-refractivity contribution < 1.29 is 4.79 Å². The highest BCUT2D eigenvalue weighted by atomic mass is 16.1. The smallest absolute Gasteiger partial charge is 0.138 e. The zero-order valence-corrected chi connectivity index (χ0v) is 10.4. The number of ketones is 1. The normalized spacial score (nSPS) is 12.1. The van der Waals surface area contributed by atoms with Gasteiger partial charge in [-0.1, -0.05) is 34.6 Å². The van der Waals surface area contributed by atoms with Gasteiger partial charge in [0.05, 0.1) is 0 Å². The monoisotopic (exact) mass is 199 g/mol. The summed E-state index contributed by atoms with van der Waals surface area (Å²) < 4.78 is 0. The Hall–Kier alpha value is -0.370. The molecule has 0 heterocycles. The van der Waals surface area contributed by atoms with Crippen LogP contribution in [0.15, 0.2) is 0 Å². The third kappa shape index (κ3) is 5.38. The van der Waals surface area contributed by atoms with Crippen LogP contribution in [-0.2, 0) is 4.79 Å². The van der Waals surface area contributed by atoms with Gasteiger partial charge in [-0.2, -0.15) is 0 Å². The first kappa shape index (κ1) is 13.6. The zero-order valence-electron chi connectivity index (χ0n) is 10.4. The lowest BCUT2D eigenvalue weighted by atomic mass is 9.88. The second kappa shape index (κ2) is 6.18. The Balaban J connectivity index is 3.69. The Kier molecular flexibility index (Phi) is 6.01. The largest absolute Gasteiger partial charge is 0.304 e. The van der Waals surface area contributed by atoms with E-state index in [1.165, 1.54) is 0 Å². The molecule has 0 aromatic heterocycles. The van der Waals surface area contributed by atoms with Crippen LogP contribution in [0.5, 0.6) is 0 Å². The first-order valence-corrected chi connectivity index (χ1v) is 5.67. The molecule has 0 radical (unpaired) electrons. The summed E-state index contributed by atoms with van der Waals surface area (Å²) in [7, 11) is 0. The van der Waals surface area contributed by atoms with E-state index >= 15 is 0 Å². The van der Waals surface area contributed by atoms with Gasteiger partial charge < -0.3 is 4.90 Å². The van der Waals surface area contributed by atoms with Crippen LogP contribution >= 0.6 is 0 Å². The molecule has 0 aliphatic carbocycles. The predicted molar refractivity (Wildman–Crippen MR) is 61.5 cm³/mol. The minimum atomic E-state index is -0.163. The number of hydrogen-bond donors (Lipinski definition) is 0. The van der Waals surface area contributed by atoms with Crippen LogP contribution in [0.2, 0.25) is 0 Å². The first-order valence-electron chi connectivity index (χ1n) is 5.67. The maximum atomic E-state index is 11.6. The van der Waals surface area contributed by atoms with Gasteiger partial charge in [-0.05, 0) is 26.1 Å². The van der Waals surface area contributed by atoms with Gasteiger partial charge in [0, 0.05) is 11.8 Å². The molecule has 2 nitrogen and oxygen atoms in total. The van der Waals surface area contributed by atoms with E-state index in [1.54, 1.807) is 0 Å². The quantitative estimate of drug-likeness (QED) is 0.655. The van der Waals surface area contributed by atoms with Crippen LogP contribution < -0.4 is 0 Å². The van der Waals surface area contributed by atoms with E-state index in [0.29, 0.717) is 5.78 Å². The fraction of sp³-hybridized carbons (Fsp3) is 0.917. The van der Waals surface area contributed by atoms with Crippen molar-refractivity contribution in [3.63, 3.8) is 0 Å². The van der Waals surface area contributed by atoms with E-state index in [0.717, 1.165) is 32.5 Å². The van der Waals surface area contributed by atoms with Crippen LogP contribution in [0.4, 0.5) is 0 Å². The average molecular weight is 199 g/mol. The Morgan fingerprint density at radius 2 is 1.64 bits per heavy atom. The first-order chi connectivity index (χ1) is 6.41. The number of nitrogens with zero attached hydrogens (tertiary/aromatic N) is 1. The Bertz CT molecular complexity index is 166. The summed E-state index contributed by atoms with van der Waals surface area (Å²) >= 11 is 0. The lowest BCUT2D eigenvalue weighted by Crippen LogP contribution is -2.26. The van der Waals surface area contributed by atoms with Crippen molar-refractivity contribution in [3.05, 3.63) is 0 Å². The molecule has 2 heteroatoms. The van der Waals surface area contributed by atoms with Crippen molar-refractivity contribution in [2.45, 2.75) is 47.5 Å². The molecule has 0 aliphatic rings. The molecular formula is C12H25NO. The zero-order chi connectivity index (χ0) is 11.2. The molecule has 14 heavy (non-hydrogen) atoms. The summed E-state index contributed by atoms with van der Waals surface area (Å²) in [4.78, 5) is 14.0. The van der Waals surface area contributed by atoms with Crippen molar-refractivity contribution in [1.82, 2.24) is 4.90 Å². The van der Waals surface area contributed by atoms with Crippen molar-refractivity contribution >= 4 is 5.78 Å². The van der Waals surface area contributed by atoms with Crippen molar-refractivity contribution in [1.29, 1.82) is 0 Å². The molecule has 84 valence electrons. The SMILES string of the molecule is CCN(CC)CCCC(=O)C(C)(C)C. The van der Waals surface area contributed by atoms with Crippen LogP contribution in [0.25, 0.3) is 0 Å². The molecule has 0 aromatic carbocycles. The molecule has 0 unspecified atom stereocenters. The number of carbonyl (C=O) groups is 1. The Morgan fingerprint density at radius 1 is 1.14 bits per heavy atom. The van der Waals surface area contributed by atoms with Crippen LogP contribution in [-0.4, -0.2) is 30.3 Å². The van der Waals surface area contributed by atoms with E-state index in [1.807, 2.05) is 20.8 Å². The number of hydrogen-bond acceptors (Lipinski definition) is 2. The summed E-state index contributed by atoms with van der Waals surface area (Å²) in [5, 5.41) is 0.